The molecule has 2 heterocycles. The van der Waals surface area contributed by atoms with Crippen molar-refractivity contribution < 1.29 is 19.0 Å². The van der Waals surface area contributed by atoms with E-state index in [1.54, 1.807) is 19.2 Å². The summed E-state index contributed by atoms with van der Waals surface area (Å²) >= 11 is 6.27. The van der Waals surface area contributed by atoms with E-state index < -0.39 is 5.41 Å². The van der Waals surface area contributed by atoms with Crippen LogP contribution >= 0.6 is 11.6 Å². The Labute approximate surface area is 140 Å². The normalized spacial score (nSPS) is 19.2. The number of carbonyl (C=O) groups is 1. The number of nitrogens with one attached hydrogen (secondary N) is 2. The number of ether oxygens (including phenoxy) is 3. The van der Waals surface area contributed by atoms with Crippen LogP contribution in [0.25, 0.3) is 0 Å². The first-order valence-corrected chi connectivity index (χ1v) is 8.13. The van der Waals surface area contributed by atoms with Crippen LogP contribution < -0.4 is 20.1 Å². The number of fused-ring (bicyclic) bond motifs is 1. The second-order valence-electron chi connectivity index (χ2n) is 5.89. The number of amides is 1. The minimum Gasteiger partial charge on any atom is -0.486 e. The summed E-state index contributed by atoms with van der Waals surface area (Å²) in [6, 6.07) is 3.40. The van der Waals surface area contributed by atoms with Crippen LogP contribution in [-0.4, -0.2) is 45.9 Å². The second-order valence-corrected chi connectivity index (χ2v) is 6.30. The molecule has 0 unspecified atom stereocenters. The Balaban J connectivity index is 1.81. The molecule has 0 aliphatic carbocycles. The fourth-order valence-corrected chi connectivity index (χ4v) is 3.23. The highest BCUT2D eigenvalue weighted by atomic mass is 35.5. The van der Waals surface area contributed by atoms with E-state index in [1.165, 1.54) is 0 Å². The van der Waals surface area contributed by atoms with Gasteiger partial charge in [-0.05, 0) is 25.9 Å². The first kappa shape index (κ1) is 16.4. The van der Waals surface area contributed by atoms with Crippen LogP contribution in [0.1, 0.15) is 12.8 Å². The minimum absolute atomic E-state index is 0.0700. The standard InChI is InChI=1S/C16H21ClN2O4/c1-21-10-16(2-4-18-5-3-16)15(20)19-12-9-14-13(8-11(12)17)22-6-7-23-14/h8-9,18H,2-7,10H2,1H3,(H,19,20). The average Bonchev–Trinajstić information content (AvgIpc) is 2.56. The van der Waals surface area contributed by atoms with Crippen molar-refractivity contribution in [2.24, 2.45) is 5.41 Å². The molecule has 0 aromatic heterocycles. The van der Waals surface area contributed by atoms with E-state index in [4.69, 9.17) is 25.8 Å². The maximum absolute atomic E-state index is 12.9. The molecule has 126 valence electrons. The molecule has 7 heteroatoms. The third-order valence-electron chi connectivity index (χ3n) is 4.34. The Kier molecular flexibility index (Phi) is 4.94. The Morgan fingerprint density at radius 3 is 2.61 bits per heavy atom. The Hall–Kier alpha value is -1.50. The molecule has 2 aliphatic rings. The zero-order valence-corrected chi connectivity index (χ0v) is 13.9. The highest BCUT2D eigenvalue weighted by Gasteiger charge is 2.40. The molecule has 2 N–H and O–H groups in total. The quantitative estimate of drug-likeness (QED) is 0.878. The first-order valence-electron chi connectivity index (χ1n) is 7.75. The van der Waals surface area contributed by atoms with Gasteiger partial charge in [0.1, 0.15) is 13.2 Å². The van der Waals surface area contributed by atoms with Crippen molar-refractivity contribution in [3.63, 3.8) is 0 Å². The van der Waals surface area contributed by atoms with Crippen LogP contribution in [0.5, 0.6) is 11.5 Å². The summed E-state index contributed by atoms with van der Waals surface area (Å²) in [6.45, 7) is 2.97. The van der Waals surface area contributed by atoms with Gasteiger partial charge in [-0.1, -0.05) is 11.6 Å². The lowest BCUT2D eigenvalue weighted by Gasteiger charge is -2.35. The van der Waals surface area contributed by atoms with Crippen LogP contribution in [0, 0.1) is 5.41 Å². The zero-order chi connectivity index (χ0) is 16.3. The fourth-order valence-electron chi connectivity index (χ4n) is 3.03. The van der Waals surface area contributed by atoms with E-state index >= 15 is 0 Å². The molecular formula is C16H21ClN2O4. The molecule has 0 saturated carbocycles. The molecule has 1 amide bonds. The number of rotatable bonds is 4. The summed E-state index contributed by atoms with van der Waals surface area (Å²) in [6.07, 6.45) is 1.46. The van der Waals surface area contributed by atoms with Crippen molar-refractivity contribution >= 4 is 23.2 Å². The van der Waals surface area contributed by atoms with Gasteiger partial charge < -0.3 is 24.8 Å². The predicted molar refractivity (Wildman–Crippen MR) is 87.5 cm³/mol. The number of methoxy groups -OCH3 is 1. The molecule has 0 radical (unpaired) electrons. The summed E-state index contributed by atoms with van der Waals surface area (Å²) in [4.78, 5) is 12.9. The van der Waals surface area contributed by atoms with Gasteiger partial charge in [0.05, 0.1) is 22.7 Å². The molecule has 1 aromatic rings. The lowest BCUT2D eigenvalue weighted by Crippen LogP contribution is -2.47. The number of hydrogen-bond acceptors (Lipinski definition) is 5. The largest absolute Gasteiger partial charge is 0.486 e. The third kappa shape index (κ3) is 3.39. The summed E-state index contributed by atoms with van der Waals surface area (Å²) in [5.41, 5.74) is 0.00581. The van der Waals surface area contributed by atoms with Crippen LogP contribution in [0.3, 0.4) is 0 Å². The van der Waals surface area contributed by atoms with E-state index in [2.05, 4.69) is 10.6 Å². The van der Waals surface area contributed by atoms with Crippen LogP contribution in [0.4, 0.5) is 5.69 Å². The Morgan fingerprint density at radius 1 is 1.30 bits per heavy atom. The summed E-state index contributed by atoms with van der Waals surface area (Å²) in [5, 5.41) is 6.65. The number of piperidine rings is 1. The van der Waals surface area contributed by atoms with E-state index in [1.807, 2.05) is 0 Å². The van der Waals surface area contributed by atoms with Crippen molar-refractivity contribution in [1.29, 1.82) is 0 Å². The second kappa shape index (κ2) is 6.95. The molecule has 6 nitrogen and oxygen atoms in total. The molecule has 0 spiro atoms. The van der Waals surface area contributed by atoms with Gasteiger partial charge in [0.25, 0.3) is 0 Å². The lowest BCUT2D eigenvalue weighted by molar-refractivity contribution is -0.130. The molecule has 1 saturated heterocycles. The van der Waals surface area contributed by atoms with Crippen molar-refractivity contribution in [3.8, 4) is 11.5 Å². The number of halogens is 1. The highest BCUT2D eigenvalue weighted by Crippen LogP contribution is 2.39. The van der Waals surface area contributed by atoms with E-state index in [-0.39, 0.29) is 5.91 Å². The summed E-state index contributed by atoms with van der Waals surface area (Å²) in [5.74, 6) is 1.13. The molecule has 1 fully saturated rings. The molecule has 3 rings (SSSR count). The third-order valence-corrected chi connectivity index (χ3v) is 4.66. The monoisotopic (exact) mass is 340 g/mol. The lowest BCUT2D eigenvalue weighted by atomic mass is 9.78. The molecule has 23 heavy (non-hydrogen) atoms. The molecule has 0 bridgehead atoms. The van der Waals surface area contributed by atoms with Crippen molar-refractivity contribution in [2.45, 2.75) is 12.8 Å². The summed E-state index contributed by atoms with van der Waals surface area (Å²) in [7, 11) is 1.62. The van der Waals surface area contributed by atoms with Gasteiger partial charge >= 0.3 is 0 Å². The molecule has 0 atom stereocenters. The van der Waals surface area contributed by atoms with Gasteiger partial charge in [-0.2, -0.15) is 0 Å². The predicted octanol–water partition coefficient (Wildman–Crippen LogP) is 2.07. The van der Waals surface area contributed by atoms with Crippen molar-refractivity contribution in [2.75, 3.05) is 45.3 Å². The zero-order valence-electron chi connectivity index (χ0n) is 13.1. The maximum Gasteiger partial charge on any atom is 0.233 e. The molecular weight excluding hydrogens is 320 g/mol. The fraction of sp³-hybridized carbons (Fsp3) is 0.562. The number of benzene rings is 1. The first-order chi connectivity index (χ1) is 11.1. The maximum atomic E-state index is 12.9. The Morgan fingerprint density at radius 2 is 1.96 bits per heavy atom. The van der Waals surface area contributed by atoms with E-state index in [9.17, 15) is 4.79 Å². The average molecular weight is 341 g/mol. The van der Waals surface area contributed by atoms with E-state index in [0.29, 0.717) is 42.0 Å². The smallest absolute Gasteiger partial charge is 0.233 e. The van der Waals surface area contributed by atoms with Gasteiger partial charge in [0, 0.05) is 19.2 Å². The van der Waals surface area contributed by atoms with Crippen molar-refractivity contribution in [1.82, 2.24) is 5.32 Å². The minimum atomic E-state index is -0.531. The van der Waals surface area contributed by atoms with Gasteiger partial charge in [-0.15, -0.1) is 0 Å². The van der Waals surface area contributed by atoms with E-state index in [0.717, 1.165) is 25.9 Å². The van der Waals surface area contributed by atoms with Crippen LogP contribution in [-0.2, 0) is 9.53 Å². The SMILES string of the molecule is COCC1(C(=O)Nc2cc3c(cc2Cl)OCCO3)CCNCC1. The number of carbonyl (C=O) groups excluding carboxylic acids is 1. The highest BCUT2D eigenvalue weighted by molar-refractivity contribution is 6.34. The summed E-state index contributed by atoms with van der Waals surface area (Å²) < 4.78 is 16.3. The molecule has 1 aromatic carbocycles. The number of anilines is 1. The Bertz CT molecular complexity index is 582. The van der Waals surface area contributed by atoms with Crippen LogP contribution in [0.15, 0.2) is 12.1 Å². The topological polar surface area (TPSA) is 68.8 Å². The van der Waals surface area contributed by atoms with Gasteiger partial charge in [-0.3, -0.25) is 4.79 Å². The van der Waals surface area contributed by atoms with Gasteiger partial charge in [0.15, 0.2) is 11.5 Å². The van der Waals surface area contributed by atoms with Gasteiger partial charge in [0.2, 0.25) is 5.91 Å². The molecule has 2 aliphatic heterocycles. The van der Waals surface area contributed by atoms with Gasteiger partial charge in [-0.25, -0.2) is 0 Å². The van der Waals surface area contributed by atoms with Crippen molar-refractivity contribution in [3.05, 3.63) is 17.2 Å². The number of hydrogen-bond donors (Lipinski definition) is 2. The van der Waals surface area contributed by atoms with Crippen LogP contribution in [0.2, 0.25) is 5.02 Å².